The van der Waals surface area contributed by atoms with Gasteiger partial charge in [-0.3, -0.25) is 9.69 Å². The summed E-state index contributed by atoms with van der Waals surface area (Å²) in [5.74, 6) is -0.547. The highest BCUT2D eigenvalue weighted by atomic mass is 16.3. The first-order valence-electron chi connectivity index (χ1n) is 12.2. The van der Waals surface area contributed by atoms with Crippen molar-refractivity contribution in [3.05, 3.63) is 83.3 Å². The molecule has 6 nitrogen and oxygen atoms in total. The molecule has 4 aliphatic rings. The van der Waals surface area contributed by atoms with Crippen LogP contribution in [0.15, 0.2) is 77.8 Å². The third-order valence-electron chi connectivity index (χ3n) is 8.18. The number of hydrogen-bond acceptors (Lipinski definition) is 5. The zero-order chi connectivity index (χ0) is 23.7. The number of unbranched alkanes of at least 4 members (excludes halogenated alkanes) is 1. The molecule has 6 rings (SSSR count). The zero-order valence-electron chi connectivity index (χ0n) is 19.3. The molecule has 2 unspecified atom stereocenters. The number of benzene rings is 2. The van der Waals surface area contributed by atoms with Gasteiger partial charge >= 0.3 is 0 Å². The second kappa shape index (κ2) is 7.45. The summed E-state index contributed by atoms with van der Waals surface area (Å²) in [4.78, 5) is 17.6. The maximum absolute atomic E-state index is 13.6. The number of carbonyl (C=O) groups is 1. The predicted octanol–water partition coefficient (Wildman–Crippen LogP) is 3.77. The Morgan fingerprint density at radius 1 is 1.03 bits per heavy atom. The maximum Gasteiger partial charge on any atom is 0.240 e. The molecule has 4 atom stereocenters. The van der Waals surface area contributed by atoms with Crippen LogP contribution in [0.1, 0.15) is 31.7 Å². The van der Waals surface area contributed by atoms with Crippen LogP contribution in [0.3, 0.4) is 0 Å². The van der Waals surface area contributed by atoms with E-state index in [9.17, 15) is 20.1 Å². The van der Waals surface area contributed by atoms with Crippen molar-refractivity contribution in [2.24, 2.45) is 0 Å². The van der Waals surface area contributed by atoms with Gasteiger partial charge in [-0.1, -0.05) is 61.9 Å². The van der Waals surface area contributed by atoms with Crippen molar-refractivity contribution in [2.75, 3.05) is 13.1 Å². The summed E-state index contributed by atoms with van der Waals surface area (Å²) in [5.41, 5.74) is -0.504. The third kappa shape index (κ3) is 2.91. The summed E-state index contributed by atoms with van der Waals surface area (Å²) < 4.78 is 0. The molecule has 6 heteroatoms. The number of hydrogen-bond donors (Lipinski definition) is 3. The van der Waals surface area contributed by atoms with Gasteiger partial charge in [0.1, 0.15) is 5.60 Å². The van der Waals surface area contributed by atoms with E-state index in [4.69, 9.17) is 0 Å². The van der Waals surface area contributed by atoms with Crippen molar-refractivity contribution in [1.82, 2.24) is 9.80 Å². The molecule has 0 aromatic heterocycles. The van der Waals surface area contributed by atoms with E-state index in [1.165, 1.54) is 6.08 Å². The van der Waals surface area contributed by atoms with E-state index in [2.05, 4.69) is 42.2 Å². The van der Waals surface area contributed by atoms with Gasteiger partial charge in [0.15, 0.2) is 11.5 Å². The molecule has 2 aromatic rings. The maximum atomic E-state index is 13.6. The number of amides is 1. The number of carbonyl (C=O) groups excluding carboxylic acids is 1. The lowest BCUT2D eigenvalue weighted by molar-refractivity contribution is -0.144. The summed E-state index contributed by atoms with van der Waals surface area (Å²) in [6.45, 7) is 3.31. The Kier molecular flexibility index (Phi) is 4.70. The summed E-state index contributed by atoms with van der Waals surface area (Å²) >= 11 is 0. The van der Waals surface area contributed by atoms with Gasteiger partial charge in [0.05, 0.1) is 17.6 Å². The Morgan fingerprint density at radius 2 is 1.82 bits per heavy atom. The average Bonchev–Trinajstić information content (AvgIpc) is 3.25. The minimum Gasteiger partial charge on any atom is -0.504 e. The van der Waals surface area contributed by atoms with Gasteiger partial charge in [0.25, 0.3) is 0 Å². The quantitative estimate of drug-likeness (QED) is 0.635. The molecule has 3 aliphatic heterocycles. The average molecular weight is 459 g/mol. The standard InChI is InChI=1S/C28H30N2O4/c1-2-3-10-29-17-23-21-12-24(31)25(32)16-28(34)15-22(26(29)33)30(23)27(28,14-21)13-18-8-9-19-6-4-5-7-20(19)11-18/h4-9,11-12,14,16,22-23,31-32,34H,2-3,10,13,15,17H2,1H3/b24-12?,25-16+/t22-,23-,27?,28?/m0/s1. The lowest BCUT2D eigenvalue weighted by Gasteiger charge is -2.47. The van der Waals surface area contributed by atoms with Crippen molar-refractivity contribution in [3.63, 3.8) is 0 Å². The number of fused-ring (bicyclic) bond motifs is 2. The first kappa shape index (κ1) is 21.4. The minimum absolute atomic E-state index is 0.0415. The monoisotopic (exact) mass is 458 g/mol. The smallest absolute Gasteiger partial charge is 0.240 e. The lowest BCUT2D eigenvalue weighted by Crippen LogP contribution is -2.64. The molecular weight excluding hydrogens is 428 g/mol. The minimum atomic E-state index is -1.51. The fourth-order valence-corrected chi connectivity index (χ4v) is 6.57. The Balaban J connectivity index is 1.49. The molecule has 1 amide bonds. The van der Waals surface area contributed by atoms with Crippen molar-refractivity contribution in [3.8, 4) is 0 Å². The number of rotatable bonds is 5. The highest BCUT2D eigenvalue weighted by Gasteiger charge is 2.68. The number of nitrogens with zero attached hydrogens (tertiary/aromatic N) is 2. The van der Waals surface area contributed by atoms with Crippen LogP contribution >= 0.6 is 0 Å². The SMILES string of the molecule is CCCCN1C[C@H]2C3=CC4(Cc5ccc6ccccc6c5)N2[C@@H](CC4(O)/C=C(/O)C(O)=C3)C1=O. The molecule has 34 heavy (non-hydrogen) atoms. The lowest BCUT2D eigenvalue weighted by atomic mass is 9.74. The number of piperazine rings is 1. The Bertz CT molecular complexity index is 1280. The van der Waals surface area contributed by atoms with E-state index in [-0.39, 0.29) is 29.9 Å². The third-order valence-corrected chi connectivity index (χ3v) is 8.18. The van der Waals surface area contributed by atoms with Gasteiger partial charge in [0, 0.05) is 19.5 Å². The van der Waals surface area contributed by atoms with Crippen LogP contribution in [0.2, 0.25) is 0 Å². The van der Waals surface area contributed by atoms with Crippen molar-refractivity contribution in [1.29, 1.82) is 0 Å². The molecular formula is C28H30N2O4. The normalized spacial score (nSPS) is 33.9. The van der Waals surface area contributed by atoms with E-state index in [1.54, 1.807) is 6.08 Å². The van der Waals surface area contributed by atoms with E-state index in [1.807, 2.05) is 23.1 Å². The first-order valence-corrected chi connectivity index (χ1v) is 12.2. The summed E-state index contributed by atoms with van der Waals surface area (Å²) in [5, 5.41) is 35.5. The van der Waals surface area contributed by atoms with E-state index >= 15 is 0 Å². The van der Waals surface area contributed by atoms with Crippen molar-refractivity contribution in [2.45, 2.75) is 55.8 Å². The Hall–Kier alpha value is -3.09. The molecule has 1 aliphatic carbocycles. The van der Waals surface area contributed by atoms with Crippen LogP contribution in [0, 0.1) is 0 Å². The summed E-state index contributed by atoms with van der Waals surface area (Å²) in [7, 11) is 0. The predicted molar refractivity (Wildman–Crippen MR) is 130 cm³/mol. The molecule has 0 saturated carbocycles. The van der Waals surface area contributed by atoms with Gasteiger partial charge in [-0.2, -0.15) is 0 Å². The second-order valence-corrected chi connectivity index (χ2v) is 10.2. The largest absolute Gasteiger partial charge is 0.504 e. The van der Waals surface area contributed by atoms with Gasteiger partial charge in [-0.15, -0.1) is 0 Å². The van der Waals surface area contributed by atoms with Gasteiger partial charge in [-0.05, 0) is 46.9 Å². The van der Waals surface area contributed by atoms with Crippen LogP contribution in [0.5, 0.6) is 0 Å². The van der Waals surface area contributed by atoms with Crippen LogP contribution < -0.4 is 0 Å². The molecule has 3 N–H and O–H groups in total. The van der Waals surface area contributed by atoms with E-state index in [0.29, 0.717) is 19.5 Å². The van der Waals surface area contributed by atoms with Crippen LogP contribution in [-0.4, -0.2) is 67.3 Å². The van der Waals surface area contributed by atoms with Crippen LogP contribution in [0.4, 0.5) is 0 Å². The number of aliphatic hydroxyl groups excluding tert-OH is 2. The molecule has 2 fully saturated rings. The van der Waals surface area contributed by atoms with Crippen molar-refractivity contribution < 1.29 is 20.1 Å². The van der Waals surface area contributed by atoms with E-state index in [0.717, 1.165) is 34.8 Å². The highest BCUT2D eigenvalue weighted by molar-refractivity contribution is 5.86. The molecule has 0 spiro atoms. The molecule has 2 saturated heterocycles. The Morgan fingerprint density at radius 3 is 2.62 bits per heavy atom. The molecule has 176 valence electrons. The molecule has 0 radical (unpaired) electrons. The van der Waals surface area contributed by atoms with E-state index < -0.39 is 17.2 Å². The topological polar surface area (TPSA) is 84.2 Å². The fourth-order valence-electron chi connectivity index (χ4n) is 6.57. The number of aliphatic hydroxyl groups is 3. The summed E-state index contributed by atoms with van der Waals surface area (Å²) in [6.07, 6.45) is 7.60. The molecule has 2 bridgehead atoms. The van der Waals surface area contributed by atoms with Crippen LogP contribution in [-0.2, 0) is 11.2 Å². The fraction of sp³-hybridized carbons (Fsp3) is 0.393. The van der Waals surface area contributed by atoms with Crippen LogP contribution in [0.25, 0.3) is 10.8 Å². The molecule has 2 aromatic carbocycles. The highest BCUT2D eigenvalue weighted by Crippen LogP contribution is 2.55. The zero-order valence-corrected chi connectivity index (χ0v) is 19.3. The van der Waals surface area contributed by atoms with Crippen molar-refractivity contribution >= 4 is 16.7 Å². The van der Waals surface area contributed by atoms with Gasteiger partial charge in [-0.25, -0.2) is 0 Å². The van der Waals surface area contributed by atoms with Gasteiger partial charge < -0.3 is 20.2 Å². The first-order chi connectivity index (χ1) is 16.3. The summed E-state index contributed by atoms with van der Waals surface area (Å²) in [6, 6.07) is 13.9. The molecule has 3 heterocycles. The Labute approximate surface area is 199 Å². The van der Waals surface area contributed by atoms with Gasteiger partial charge in [0.2, 0.25) is 5.91 Å². The second-order valence-electron chi connectivity index (χ2n) is 10.2.